The summed E-state index contributed by atoms with van der Waals surface area (Å²) < 4.78 is 198. The lowest BCUT2D eigenvalue weighted by Crippen LogP contribution is -1.90. The zero-order chi connectivity index (χ0) is 73.8. The molecule has 0 fully saturated rings. The molecule has 0 unspecified atom stereocenters. The van der Waals surface area contributed by atoms with Gasteiger partial charge in [0.2, 0.25) is 0 Å². The van der Waals surface area contributed by atoms with E-state index in [0.29, 0.717) is 55.5 Å². The molecule has 0 atom stereocenters. The van der Waals surface area contributed by atoms with Crippen LogP contribution in [0.15, 0.2) is 324 Å². The highest BCUT2D eigenvalue weighted by Crippen LogP contribution is 2.48. The van der Waals surface area contributed by atoms with Gasteiger partial charge in [0.25, 0.3) is 0 Å². The third kappa shape index (κ3) is 8.26. The highest BCUT2D eigenvalue weighted by atomic mass is 16.3. The third-order valence-corrected chi connectivity index (χ3v) is 15.5. The Bertz CT molecular complexity index is 6450. The van der Waals surface area contributed by atoms with E-state index < -0.39 is 108 Å². The van der Waals surface area contributed by atoms with Gasteiger partial charge in [0.05, 0.1) is 28.8 Å². The van der Waals surface area contributed by atoms with Gasteiger partial charge in [0.1, 0.15) is 22.3 Å². The van der Waals surface area contributed by atoms with Crippen molar-refractivity contribution in [3.63, 3.8) is 0 Å². The number of hydrogen-bond acceptors (Lipinski definition) is 2. The van der Waals surface area contributed by atoms with Gasteiger partial charge in [0, 0.05) is 32.7 Å². The summed E-state index contributed by atoms with van der Waals surface area (Å²) in [5.41, 5.74) is 9.68. The van der Waals surface area contributed by atoms with E-state index in [1.165, 1.54) is 0 Å². The first-order valence-corrected chi connectivity index (χ1v) is 27.1. The quantitative estimate of drug-likeness (QED) is 0.149. The molecule has 0 bridgehead atoms. The molecule has 0 aliphatic carbocycles. The number of hydrogen-bond donors (Lipinski definition) is 0. The van der Waals surface area contributed by atoms with Crippen LogP contribution in [0.25, 0.3) is 165 Å². The molecule has 0 N–H and O–H groups in total. The van der Waals surface area contributed by atoms with Crippen molar-refractivity contribution >= 4 is 87.0 Å². The summed E-state index contributed by atoms with van der Waals surface area (Å²) in [6.45, 7) is 0. The first kappa shape index (κ1) is 31.8. The lowest BCUT2D eigenvalue weighted by Gasteiger charge is -2.17. The van der Waals surface area contributed by atoms with E-state index in [-0.39, 0.29) is 78.4 Å². The predicted molar refractivity (Wildman–Crippen MR) is 356 cm³/mol. The summed E-state index contributed by atoms with van der Waals surface area (Å²) in [5, 5.41) is 2.94. The van der Waals surface area contributed by atoms with Gasteiger partial charge in [-0.1, -0.05) is 291 Å². The summed E-state index contributed by atoms with van der Waals surface area (Å²) in [7, 11) is 0. The SMILES string of the molecule is [2H]c1c([2H])c([2H])c(-c2c3c([2H])c([2H])c([2H])c([2H])c3c(-c3ccc4oc5c(-c6ccccc6)cccc5c4c3)c3c([2H])c([2H])c([2H])c([2H])c23)c([2H])c1[2H].[2H]c1c([2H])c([2H])c2c(-c3ccc4oc5c(-c6ccc(-c7ccccc7)cc6)cccc5c4c3)c3c([2H])c([2H])c([2H])c([2H])c3c(-c3ccccc3)c2c1[2H]. The molecule has 17 aromatic rings. The van der Waals surface area contributed by atoms with E-state index >= 15 is 0 Å². The molecule has 0 amide bonds. The van der Waals surface area contributed by atoms with Crippen LogP contribution >= 0.6 is 0 Å². The third-order valence-electron chi connectivity index (χ3n) is 15.5. The van der Waals surface area contributed by atoms with Crippen LogP contribution in [0.3, 0.4) is 0 Å². The van der Waals surface area contributed by atoms with Crippen molar-refractivity contribution in [3.8, 4) is 77.9 Å². The van der Waals surface area contributed by atoms with Crippen LogP contribution in [0, 0.1) is 0 Å². The van der Waals surface area contributed by atoms with Crippen molar-refractivity contribution in [2.45, 2.75) is 0 Å². The number of benzene rings is 15. The van der Waals surface area contributed by atoms with Crippen LogP contribution in [0.2, 0.25) is 0 Å². The fourth-order valence-corrected chi connectivity index (χ4v) is 11.8. The second kappa shape index (κ2) is 20.5. The van der Waals surface area contributed by atoms with Crippen molar-refractivity contribution in [2.75, 3.05) is 0 Å². The smallest absolute Gasteiger partial charge is 0.143 e. The Kier molecular flexibility index (Phi) is 7.76. The molecule has 2 aromatic heterocycles. The van der Waals surface area contributed by atoms with Crippen molar-refractivity contribution in [2.24, 2.45) is 0 Å². The summed E-state index contributed by atoms with van der Waals surface area (Å²) >= 11 is 0. The topological polar surface area (TPSA) is 26.3 Å². The van der Waals surface area contributed by atoms with E-state index in [1.54, 1.807) is 48.5 Å². The van der Waals surface area contributed by atoms with E-state index in [2.05, 4.69) is 36.4 Å². The van der Waals surface area contributed by atoms with Crippen molar-refractivity contribution in [1.29, 1.82) is 0 Å². The van der Waals surface area contributed by atoms with Gasteiger partial charge in [0.15, 0.2) is 0 Å². The minimum Gasteiger partial charge on any atom is -0.455 e. The van der Waals surface area contributed by atoms with Gasteiger partial charge >= 0.3 is 0 Å². The molecule has 0 saturated heterocycles. The Morgan fingerprint density at radius 3 is 0.929 bits per heavy atom. The lowest BCUT2D eigenvalue weighted by atomic mass is 9.86. The standard InChI is InChI=1S/C44H28O.C38H24O/c1-3-12-29(13-4-1)30-22-24-31(25-23-30)34-20-11-21-39-40-28-33(26-27-41(40)45-44(34)39)43-37-18-9-7-16-35(37)42(32-14-5-2-6-15-32)36-17-8-10-19-38(36)43;1-3-12-25(13-4-1)28-20-11-21-33-34-24-27(22-23-35(34)39-38(28)33)37-31-18-9-7-16-29(31)36(26-14-5-2-6-15-26)30-17-8-10-19-32(30)37/h1-28H;1-24H/i7D,8D,9D,10D,16D,17D,18D,19D;2D,5D,6D,7D,8D,9D,10D,14D,15D,16D,17D,18D,19D. The van der Waals surface area contributed by atoms with Crippen molar-refractivity contribution in [3.05, 3.63) is 315 Å². The van der Waals surface area contributed by atoms with Crippen LogP contribution in [0.1, 0.15) is 28.8 Å². The molecule has 15 aromatic carbocycles. The Balaban J connectivity index is 0.000000161. The molecule has 0 aliphatic heterocycles. The minimum absolute atomic E-state index is 0.0654. The van der Waals surface area contributed by atoms with E-state index in [4.69, 9.17) is 32.1 Å². The van der Waals surface area contributed by atoms with E-state index in [9.17, 15) is 5.48 Å². The second-order valence-corrected chi connectivity index (χ2v) is 20.2. The number of para-hydroxylation sites is 2. The lowest BCUT2D eigenvalue weighted by molar-refractivity contribution is 0.669. The molecule has 0 spiro atoms. The maximum absolute atomic E-state index is 9.23. The number of fused-ring (bicyclic) bond motifs is 10. The Hall–Kier alpha value is -11.1. The first-order valence-electron chi connectivity index (χ1n) is 37.6. The minimum atomic E-state index is -0.713. The molecule has 2 heteroatoms. The predicted octanol–water partition coefficient (Wildman–Crippen LogP) is 23.5. The summed E-state index contributed by atoms with van der Waals surface area (Å²) in [4.78, 5) is 0. The molecule has 0 saturated carbocycles. The van der Waals surface area contributed by atoms with Crippen molar-refractivity contribution < 1.29 is 37.6 Å². The maximum Gasteiger partial charge on any atom is 0.143 e. The van der Waals surface area contributed by atoms with Gasteiger partial charge in [-0.3, -0.25) is 0 Å². The highest BCUT2D eigenvalue weighted by Gasteiger charge is 2.21. The van der Waals surface area contributed by atoms with Crippen LogP contribution in [-0.2, 0) is 0 Å². The fraction of sp³-hybridized carbons (Fsp3) is 0. The molecular formula is C82H52O2. The molecule has 17 rings (SSSR count). The van der Waals surface area contributed by atoms with Gasteiger partial charge in [-0.05, 0) is 134 Å². The van der Waals surface area contributed by atoms with Crippen LogP contribution in [0.4, 0.5) is 0 Å². The second-order valence-electron chi connectivity index (χ2n) is 20.2. The molecule has 84 heavy (non-hydrogen) atoms. The summed E-state index contributed by atoms with van der Waals surface area (Å²) in [5.74, 6) is 0. The highest BCUT2D eigenvalue weighted by molar-refractivity contribution is 6.24. The number of furan rings is 2. The van der Waals surface area contributed by atoms with Gasteiger partial charge in [-0.25, -0.2) is 0 Å². The molecule has 392 valence electrons. The molecule has 2 nitrogen and oxygen atoms in total. The van der Waals surface area contributed by atoms with Crippen molar-refractivity contribution in [1.82, 2.24) is 0 Å². The molecular weight excluding hydrogens is 1020 g/mol. The Morgan fingerprint density at radius 1 is 0.202 bits per heavy atom. The Morgan fingerprint density at radius 2 is 0.512 bits per heavy atom. The number of rotatable bonds is 7. The average molecular weight is 1090 g/mol. The summed E-state index contributed by atoms with van der Waals surface area (Å²) in [6, 6.07) is 48.2. The van der Waals surface area contributed by atoms with E-state index in [1.807, 2.05) is 103 Å². The van der Waals surface area contributed by atoms with Crippen LogP contribution in [-0.4, -0.2) is 0 Å². The fourth-order valence-electron chi connectivity index (χ4n) is 11.8. The Labute approximate surface area is 515 Å². The normalized spacial score (nSPS) is 15.1. The first-order chi connectivity index (χ1) is 50.4. The van der Waals surface area contributed by atoms with E-state index in [0.717, 1.165) is 49.5 Å². The van der Waals surface area contributed by atoms with Crippen LogP contribution < -0.4 is 0 Å². The van der Waals surface area contributed by atoms with Gasteiger partial charge < -0.3 is 8.83 Å². The maximum atomic E-state index is 9.23. The van der Waals surface area contributed by atoms with Crippen LogP contribution in [0.5, 0.6) is 0 Å². The zero-order valence-electron chi connectivity index (χ0n) is 65.2. The molecule has 2 heterocycles. The monoisotopic (exact) mass is 1090 g/mol. The van der Waals surface area contributed by atoms with Gasteiger partial charge in [-0.15, -0.1) is 0 Å². The van der Waals surface area contributed by atoms with Gasteiger partial charge in [-0.2, -0.15) is 0 Å². The summed E-state index contributed by atoms with van der Waals surface area (Å²) in [6.07, 6.45) is 0. The largest absolute Gasteiger partial charge is 0.455 e. The average Bonchev–Trinajstić information content (AvgIpc) is 1.08. The molecule has 0 aliphatic rings. The zero-order valence-corrected chi connectivity index (χ0v) is 44.2. The molecule has 0 radical (unpaired) electrons.